The van der Waals surface area contributed by atoms with Crippen LogP contribution >= 0.6 is 0 Å². The van der Waals surface area contributed by atoms with Gasteiger partial charge in [-0.25, -0.2) is 4.99 Å². The van der Waals surface area contributed by atoms with E-state index in [9.17, 15) is 18.6 Å². The van der Waals surface area contributed by atoms with E-state index in [1.165, 1.54) is 12.1 Å². The van der Waals surface area contributed by atoms with Gasteiger partial charge in [-0.1, -0.05) is 19.1 Å². The third kappa shape index (κ3) is 3.89. The van der Waals surface area contributed by atoms with E-state index in [1.807, 2.05) is 6.92 Å². The summed E-state index contributed by atoms with van der Waals surface area (Å²) in [5, 5.41) is 22.0. The number of hydrogen-bond donors (Lipinski definition) is 5. The highest BCUT2D eigenvalue weighted by Gasteiger charge is 2.23. The standard InChI is InChI=1S/C13H18N4O4S/c1-2-7-16-22(20,21)17-12-11(13(19)15-8-14-12)9-3-5-10(18)6-4-9/h3-6,15-16,18-19H,2,7-8H2,1H3,(H,14,17). The molecule has 0 fully saturated rings. The molecule has 1 aromatic rings. The number of phenolic OH excluding ortho intramolecular Hbond substituents is 1. The Bertz CT molecular complexity index is 695. The molecule has 1 aromatic carbocycles. The summed E-state index contributed by atoms with van der Waals surface area (Å²) in [6.45, 7) is 2.20. The fourth-order valence-corrected chi connectivity index (χ4v) is 2.82. The van der Waals surface area contributed by atoms with E-state index in [0.717, 1.165) is 0 Å². The van der Waals surface area contributed by atoms with E-state index in [1.54, 1.807) is 12.1 Å². The summed E-state index contributed by atoms with van der Waals surface area (Å²) in [5.41, 5.74) is 0.729. The second-order valence-corrected chi connectivity index (χ2v) is 6.11. The van der Waals surface area contributed by atoms with E-state index in [4.69, 9.17) is 0 Å². The van der Waals surface area contributed by atoms with E-state index in [0.29, 0.717) is 18.5 Å². The van der Waals surface area contributed by atoms with Crippen molar-refractivity contribution in [2.24, 2.45) is 4.99 Å². The Morgan fingerprint density at radius 2 is 1.95 bits per heavy atom. The van der Waals surface area contributed by atoms with Crippen LogP contribution < -0.4 is 14.8 Å². The molecule has 0 bridgehead atoms. The Kier molecular flexibility index (Phi) is 4.88. The van der Waals surface area contributed by atoms with Gasteiger partial charge in [-0.3, -0.25) is 4.72 Å². The van der Waals surface area contributed by atoms with Crippen LogP contribution in [0, 0.1) is 0 Å². The van der Waals surface area contributed by atoms with Gasteiger partial charge < -0.3 is 15.5 Å². The van der Waals surface area contributed by atoms with Crippen molar-refractivity contribution in [1.82, 2.24) is 14.8 Å². The van der Waals surface area contributed by atoms with Crippen LogP contribution in [0.25, 0.3) is 5.57 Å². The molecule has 8 nitrogen and oxygen atoms in total. The third-order valence-electron chi connectivity index (χ3n) is 2.89. The number of rotatable bonds is 5. The number of nitrogens with zero attached hydrogens (tertiary/aromatic N) is 1. The summed E-state index contributed by atoms with van der Waals surface area (Å²) in [4.78, 5) is 4.05. The lowest BCUT2D eigenvalue weighted by molar-refractivity contribution is 0.368. The van der Waals surface area contributed by atoms with E-state index in [-0.39, 0.29) is 29.7 Å². The van der Waals surface area contributed by atoms with E-state index < -0.39 is 10.2 Å². The van der Waals surface area contributed by atoms with Gasteiger partial charge in [0.25, 0.3) is 10.2 Å². The molecule has 0 aliphatic carbocycles. The van der Waals surface area contributed by atoms with Gasteiger partial charge in [0.15, 0.2) is 11.7 Å². The molecule has 0 saturated heterocycles. The molecule has 0 atom stereocenters. The van der Waals surface area contributed by atoms with Crippen molar-refractivity contribution in [3.63, 3.8) is 0 Å². The first-order valence-corrected chi connectivity index (χ1v) is 8.20. The van der Waals surface area contributed by atoms with Gasteiger partial charge in [-0.05, 0) is 24.1 Å². The van der Waals surface area contributed by atoms with Crippen molar-refractivity contribution >= 4 is 21.6 Å². The average molecular weight is 326 g/mol. The fourth-order valence-electron chi connectivity index (χ4n) is 1.86. The predicted molar refractivity (Wildman–Crippen MR) is 83.4 cm³/mol. The molecular weight excluding hydrogens is 308 g/mol. The molecule has 1 heterocycles. The minimum atomic E-state index is -3.77. The zero-order chi connectivity index (χ0) is 16.2. The summed E-state index contributed by atoms with van der Waals surface area (Å²) in [6.07, 6.45) is 0.654. The molecule has 0 unspecified atom stereocenters. The number of aliphatic hydroxyl groups excluding tert-OH is 1. The summed E-state index contributed by atoms with van der Waals surface area (Å²) < 4.78 is 28.5. The van der Waals surface area contributed by atoms with Crippen molar-refractivity contribution in [3.8, 4) is 5.75 Å². The first-order chi connectivity index (χ1) is 10.4. The predicted octanol–water partition coefficient (Wildman–Crippen LogP) is 0.412. The topological polar surface area (TPSA) is 123 Å². The van der Waals surface area contributed by atoms with Crippen molar-refractivity contribution in [2.75, 3.05) is 13.2 Å². The number of nitrogens with one attached hydrogen (secondary N) is 3. The van der Waals surface area contributed by atoms with Gasteiger partial charge in [0.1, 0.15) is 12.4 Å². The lowest BCUT2D eigenvalue weighted by atomic mass is 10.0. The molecular formula is C13H18N4O4S. The van der Waals surface area contributed by atoms with Crippen LogP contribution in [-0.4, -0.2) is 37.7 Å². The number of benzene rings is 1. The average Bonchev–Trinajstić information content (AvgIpc) is 2.46. The van der Waals surface area contributed by atoms with Crippen molar-refractivity contribution in [3.05, 3.63) is 35.7 Å². The Labute approximate surface area is 128 Å². The second kappa shape index (κ2) is 6.67. The quantitative estimate of drug-likeness (QED) is 0.536. The number of aliphatic imine (C=N–C) groups is 1. The maximum absolute atomic E-state index is 11.9. The normalized spacial score (nSPS) is 15.2. The zero-order valence-corrected chi connectivity index (χ0v) is 12.8. The van der Waals surface area contributed by atoms with Gasteiger partial charge in [0.2, 0.25) is 0 Å². The summed E-state index contributed by atoms with van der Waals surface area (Å²) >= 11 is 0. The minimum Gasteiger partial charge on any atom is -0.508 e. The second-order valence-electron chi connectivity index (χ2n) is 4.61. The number of aliphatic hydroxyl groups is 1. The maximum Gasteiger partial charge on any atom is 0.300 e. The number of aromatic hydroxyl groups is 1. The molecule has 120 valence electrons. The van der Waals surface area contributed by atoms with Crippen LogP contribution in [0.3, 0.4) is 0 Å². The summed E-state index contributed by atoms with van der Waals surface area (Å²) in [6, 6.07) is 5.98. The molecule has 5 N–H and O–H groups in total. The highest BCUT2D eigenvalue weighted by molar-refractivity contribution is 7.88. The van der Waals surface area contributed by atoms with E-state index >= 15 is 0 Å². The van der Waals surface area contributed by atoms with Crippen LogP contribution in [0.15, 0.2) is 35.1 Å². The Morgan fingerprint density at radius 3 is 2.59 bits per heavy atom. The molecule has 1 aliphatic heterocycles. The van der Waals surface area contributed by atoms with Gasteiger partial charge in [0.05, 0.1) is 5.57 Å². The van der Waals surface area contributed by atoms with Crippen LogP contribution in [0.5, 0.6) is 5.75 Å². The lowest BCUT2D eigenvalue weighted by Gasteiger charge is -2.20. The molecule has 0 radical (unpaired) electrons. The van der Waals surface area contributed by atoms with Gasteiger partial charge in [-0.2, -0.15) is 13.1 Å². The van der Waals surface area contributed by atoms with Crippen molar-refractivity contribution < 1.29 is 18.6 Å². The number of amidine groups is 1. The first-order valence-electron chi connectivity index (χ1n) is 6.71. The molecule has 0 amide bonds. The van der Waals surface area contributed by atoms with Gasteiger partial charge in [0, 0.05) is 6.54 Å². The zero-order valence-electron chi connectivity index (χ0n) is 12.0. The SMILES string of the molecule is CCCNS(=O)(=O)NC1=NCNC(O)=C1c1ccc(O)cc1. The fraction of sp³-hybridized carbons (Fsp3) is 0.308. The molecule has 9 heteroatoms. The molecule has 22 heavy (non-hydrogen) atoms. The Hall–Kier alpha value is -2.26. The van der Waals surface area contributed by atoms with Gasteiger partial charge >= 0.3 is 0 Å². The smallest absolute Gasteiger partial charge is 0.300 e. The minimum absolute atomic E-state index is 0.0329. The van der Waals surface area contributed by atoms with Crippen LogP contribution in [0.2, 0.25) is 0 Å². The number of hydrogen-bond acceptors (Lipinski definition) is 6. The molecule has 0 saturated carbocycles. The van der Waals surface area contributed by atoms with Crippen molar-refractivity contribution in [2.45, 2.75) is 13.3 Å². The van der Waals surface area contributed by atoms with E-state index in [2.05, 4.69) is 19.8 Å². The molecule has 0 spiro atoms. The van der Waals surface area contributed by atoms with Crippen LogP contribution in [-0.2, 0) is 10.2 Å². The lowest BCUT2D eigenvalue weighted by Crippen LogP contribution is -2.43. The van der Waals surface area contributed by atoms with Crippen LogP contribution in [0.4, 0.5) is 0 Å². The number of phenols is 1. The molecule has 0 aromatic heterocycles. The molecule has 2 rings (SSSR count). The largest absolute Gasteiger partial charge is 0.508 e. The Morgan fingerprint density at radius 1 is 1.27 bits per heavy atom. The summed E-state index contributed by atoms with van der Waals surface area (Å²) in [7, 11) is -3.77. The van der Waals surface area contributed by atoms with Gasteiger partial charge in [-0.15, -0.1) is 0 Å². The first kappa shape index (κ1) is 16.1. The Balaban J connectivity index is 2.30. The van der Waals surface area contributed by atoms with Crippen molar-refractivity contribution in [1.29, 1.82) is 0 Å². The monoisotopic (exact) mass is 326 g/mol. The highest BCUT2D eigenvalue weighted by Crippen LogP contribution is 2.22. The summed E-state index contributed by atoms with van der Waals surface area (Å²) in [5.74, 6) is -0.0873. The maximum atomic E-state index is 11.9. The van der Waals surface area contributed by atoms with Crippen LogP contribution in [0.1, 0.15) is 18.9 Å². The molecule has 1 aliphatic rings. The highest BCUT2D eigenvalue weighted by atomic mass is 32.2. The third-order valence-corrected chi connectivity index (χ3v) is 3.93.